The number of anilines is 2. The first-order valence-electron chi connectivity index (χ1n) is 7.78. The molecule has 0 amide bonds. The van der Waals surface area contributed by atoms with Gasteiger partial charge in [0.25, 0.3) is 0 Å². The summed E-state index contributed by atoms with van der Waals surface area (Å²) in [6, 6.07) is 8.99. The molecule has 0 aliphatic rings. The lowest BCUT2D eigenvalue weighted by Gasteiger charge is -2.26. The highest BCUT2D eigenvalue weighted by molar-refractivity contribution is 5.77. The zero-order valence-corrected chi connectivity index (χ0v) is 14.1. The third-order valence-electron chi connectivity index (χ3n) is 3.58. The van der Waals surface area contributed by atoms with E-state index in [1.54, 1.807) is 30.3 Å². The van der Waals surface area contributed by atoms with Crippen LogP contribution in [0.3, 0.4) is 0 Å². The van der Waals surface area contributed by atoms with E-state index >= 15 is 0 Å². The minimum absolute atomic E-state index is 0.282. The molecular formula is C16H15F3N4O4. The van der Waals surface area contributed by atoms with E-state index in [0.717, 1.165) is 0 Å². The van der Waals surface area contributed by atoms with Crippen molar-refractivity contribution in [3.63, 3.8) is 0 Å². The Bertz CT molecular complexity index is 808. The van der Waals surface area contributed by atoms with Crippen molar-refractivity contribution < 1.29 is 23.0 Å². The van der Waals surface area contributed by atoms with Crippen LogP contribution in [0.4, 0.5) is 35.9 Å². The van der Waals surface area contributed by atoms with Gasteiger partial charge >= 0.3 is 17.6 Å². The maximum Gasteiger partial charge on any atom is 0.416 e. The average Bonchev–Trinajstić information content (AvgIpc) is 2.60. The highest BCUT2D eigenvalue weighted by atomic mass is 19.4. The molecule has 144 valence electrons. The Morgan fingerprint density at radius 2 is 1.56 bits per heavy atom. The highest BCUT2D eigenvalue weighted by Gasteiger charge is 2.38. The first-order valence-corrected chi connectivity index (χ1v) is 7.78. The minimum Gasteiger partial charge on any atom is -0.287 e. The lowest BCUT2D eigenvalue weighted by atomic mass is 10.1. The molecule has 0 spiro atoms. The zero-order chi connectivity index (χ0) is 20.2. The van der Waals surface area contributed by atoms with Gasteiger partial charge in [0.05, 0.1) is 21.1 Å². The molecule has 1 N–H and O–H groups in total. The maximum absolute atomic E-state index is 13.0. The second kappa shape index (κ2) is 7.89. The Morgan fingerprint density at radius 3 is 1.96 bits per heavy atom. The van der Waals surface area contributed by atoms with Crippen molar-refractivity contribution in [2.75, 3.05) is 17.0 Å². The highest BCUT2D eigenvalue weighted by Crippen LogP contribution is 2.41. The molecule has 0 fully saturated rings. The molecule has 0 saturated heterocycles. The Balaban J connectivity index is 2.62. The normalized spacial score (nSPS) is 11.1. The van der Waals surface area contributed by atoms with Crippen molar-refractivity contribution in [3.8, 4) is 0 Å². The molecule has 0 aliphatic heterocycles. The molecular weight excluding hydrogens is 369 g/mol. The number of rotatable bonds is 7. The van der Waals surface area contributed by atoms with Gasteiger partial charge < -0.3 is 0 Å². The molecule has 0 unspecified atom stereocenters. The maximum atomic E-state index is 13.0. The third kappa shape index (κ3) is 4.63. The smallest absolute Gasteiger partial charge is 0.287 e. The number of hydrogen-bond donors (Lipinski definition) is 1. The Morgan fingerprint density at radius 1 is 1.04 bits per heavy atom. The lowest BCUT2D eigenvalue weighted by molar-refractivity contribution is -0.392. The number of hydrazine groups is 1. The van der Waals surface area contributed by atoms with Crippen molar-refractivity contribution >= 4 is 22.7 Å². The first-order chi connectivity index (χ1) is 12.6. The third-order valence-corrected chi connectivity index (χ3v) is 3.58. The Labute approximate surface area is 151 Å². The summed E-state index contributed by atoms with van der Waals surface area (Å²) in [4.78, 5) is 20.5. The SMILES string of the molecule is CCCN(Nc1c([N+](=O)[O-])cc(C(F)(F)F)cc1[N+](=O)[O-])c1ccccc1. The second-order valence-corrected chi connectivity index (χ2v) is 5.50. The van der Waals surface area contributed by atoms with Gasteiger partial charge in [-0.2, -0.15) is 13.2 Å². The molecule has 2 aromatic rings. The number of benzene rings is 2. The molecule has 27 heavy (non-hydrogen) atoms. The van der Waals surface area contributed by atoms with Crippen LogP contribution >= 0.6 is 0 Å². The fourth-order valence-electron chi connectivity index (χ4n) is 2.39. The molecule has 0 saturated carbocycles. The van der Waals surface area contributed by atoms with Crippen LogP contribution in [-0.2, 0) is 6.18 Å². The Hall–Kier alpha value is -3.37. The number of halogens is 3. The number of nitrogens with one attached hydrogen (secondary N) is 1. The average molecular weight is 384 g/mol. The summed E-state index contributed by atoms with van der Waals surface area (Å²) in [5.41, 5.74) is -1.05. The van der Waals surface area contributed by atoms with E-state index in [4.69, 9.17) is 0 Å². The number of hydrogen-bond acceptors (Lipinski definition) is 6. The zero-order valence-electron chi connectivity index (χ0n) is 14.1. The van der Waals surface area contributed by atoms with Gasteiger partial charge in [-0.25, -0.2) is 0 Å². The van der Waals surface area contributed by atoms with Crippen LogP contribution in [0.2, 0.25) is 0 Å². The monoisotopic (exact) mass is 384 g/mol. The van der Waals surface area contributed by atoms with E-state index in [-0.39, 0.29) is 12.1 Å². The van der Waals surface area contributed by atoms with Crippen LogP contribution in [0.25, 0.3) is 0 Å². The number of para-hydroxylation sites is 1. The van der Waals surface area contributed by atoms with Crippen molar-refractivity contribution in [3.05, 3.63) is 68.3 Å². The summed E-state index contributed by atoms with van der Waals surface area (Å²) >= 11 is 0. The number of nitro groups is 2. The van der Waals surface area contributed by atoms with Gasteiger partial charge in [-0.3, -0.25) is 30.7 Å². The van der Waals surface area contributed by atoms with Gasteiger partial charge in [0.2, 0.25) is 5.69 Å². The van der Waals surface area contributed by atoms with Gasteiger partial charge in [0.15, 0.2) is 0 Å². The van der Waals surface area contributed by atoms with Crippen molar-refractivity contribution in [1.82, 2.24) is 0 Å². The topological polar surface area (TPSA) is 102 Å². The van der Waals surface area contributed by atoms with Crippen LogP contribution in [0.1, 0.15) is 18.9 Å². The largest absolute Gasteiger partial charge is 0.416 e. The van der Waals surface area contributed by atoms with E-state index in [1.165, 1.54) is 5.01 Å². The summed E-state index contributed by atoms with van der Waals surface area (Å²) in [5.74, 6) is 0. The van der Waals surface area contributed by atoms with E-state index in [1.807, 2.05) is 6.92 Å². The van der Waals surface area contributed by atoms with Crippen molar-refractivity contribution in [2.24, 2.45) is 0 Å². The van der Waals surface area contributed by atoms with Gasteiger partial charge in [-0.15, -0.1) is 0 Å². The molecule has 0 aliphatic carbocycles. The molecule has 0 heterocycles. The van der Waals surface area contributed by atoms with Gasteiger partial charge in [-0.1, -0.05) is 25.1 Å². The van der Waals surface area contributed by atoms with Crippen LogP contribution < -0.4 is 10.4 Å². The Kier molecular flexibility index (Phi) is 5.83. The standard InChI is InChI=1S/C16H15F3N4O4/c1-2-8-21(12-6-4-3-5-7-12)20-15-13(22(24)25)9-11(16(17,18)19)10-14(15)23(26)27/h3-7,9-10,20H,2,8H2,1H3. The first kappa shape index (κ1) is 19.9. The summed E-state index contributed by atoms with van der Waals surface area (Å²) < 4.78 is 38.9. The second-order valence-electron chi connectivity index (χ2n) is 5.50. The van der Waals surface area contributed by atoms with Crippen molar-refractivity contribution in [2.45, 2.75) is 19.5 Å². The molecule has 11 heteroatoms. The van der Waals surface area contributed by atoms with E-state index in [2.05, 4.69) is 5.43 Å². The molecule has 2 rings (SSSR count). The number of alkyl halides is 3. The van der Waals surface area contributed by atoms with E-state index in [0.29, 0.717) is 18.7 Å². The fraction of sp³-hybridized carbons (Fsp3) is 0.250. The molecule has 0 bridgehead atoms. The molecule has 8 nitrogen and oxygen atoms in total. The van der Waals surface area contributed by atoms with Crippen LogP contribution in [0.5, 0.6) is 0 Å². The fourth-order valence-corrected chi connectivity index (χ4v) is 2.39. The van der Waals surface area contributed by atoms with Crippen LogP contribution in [-0.4, -0.2) is 16.4 Å². The summed E-state index contributed by atoms with van der Waals surface area (Å²) in [6.45, 7) is 2.12. The number of nitro benzene ring substituents is 2. The summed E-state index contributed by atoms with van der Waals surface area (Å²) in [6.07, 6.45) is -4.39. The predicted octanol–water partition coefficient (Wildman–Crippen LogP) is 4.77. The minimum atomic E-state index is -4.96. The van der Waals surface area contributed by atoms with E-state index < -0.39 is 38.6 Å². The summed E-state index contributed by atoms with van der Waals surface area (Å²) in [5, 5.41) is 24.0. The summed E-state index contributed by atoms with van der Waals surface area (Å²) in [7, 11) is 0. The number of nitrogens with zero attached hydrogens (tertiary/aromatic N) is 3. The predicted molar refractivity (Wildman–Crippen MR) is 92.5 cm³/mol. The van der Waals surface area contributed by atoms with E-state index in [9.17, 15) is 33.4 Å². The van der Waals surface area contributed by atoms with Gasteiger partial charge in [0, 0.05) is 18.7 Å². The van der Waals surface area contributed by atoms with Crippen LogP contribution in [0, 0.1) is 20.2 Å². The van der Waals surface area contributed by atoms with Gasteiger partial charge in [-0.05, 0) is 18.6 Å². The van der Waals surface area contributed by atoms with Gasteiger partial charge in [0.1, 0.15) is 0 Å². The molecule has 2 aromatic carbocycles. The van der Waals surface area contributed by atoms with Crippen LogP contribution in [0.15, 0.2) is 42.5 Å². The molecule has 0 aromatic heterocycles. The van der Waals surface area contributed by atoms with Crippen molar-refractivity contribution in [1.29, 1.82) is 0 Å². The molecule has 0 radical (unpaired) electrons. The molecule has 0 atom stereocenters. The lowest BCUT2D eigenvalue weighted by Crippen LogP contribution is -2.31. The quantitative estimate of drug-likeness (QED) is 0.545.